The predicted molar refractivity (Wildman–Crippen MR) is 86.6 cm³/mol. The molecule has 124 valence electrons. The Morgan fingerprint density at radius 3 is 2.77 bits per heavy atom. The minimum Gasteiger partial charge on any atom is -0.481 e. The molecule has 0 radical (unpaired) electrons. The monoisotopic (exact) mass is 307 g/mol. The lowest BCUT2D eigenvalue weighted by Gasteiger charge is -2.18. The quantitative estimate of drug-likeness (QED) is 0.846. The van der Waals surface area contributed by atoms with E-state index in [2.05, 4.69) is 25.8 Å². The van der Waals surface area contributed by atoms with E-state index in [1.807, 2.05) is 10.8 Å². The normalized spacial score (nSPS) is 23.6. The Hall–Kier alpha value is -1.36. The summed E-state index contributed by atoms with van der Waals surface area (Å²) < 4.78 is 2.01. The highest BCUT2D eigenvalue weighted by molar-refractivity contribution is 5.75. The summed E-state index contributed by atoms with van der Waals surface area (Å²) in [5, 5.41) is 9.54. The molecule has 0 saturated heterocycles. The second kappa shape index (κ2) is 6.82. The summed E-state index contributed by atoms with van der Waals surface area (Å²) in [5.41, 5.74) is 6.88. The van der Waals surface area contributed by atoms with E-state index in [0.717, 1.165) is 32.2 Å². The number of imidazole rings is 1. The van der Waals surface area contributed by atoms with Crippen molar-refractivity contribution in [3.8, 4) is 0 Å². The maximum absolute atomic E-state index is 11.6. The third kappa shape index (κ3) is 4.83. The van der Waals surface area contributed by atoms with Crippen LogP contribution in [0.5, 0.6) is 0 Å². The van der Waals surface area contributed by atoms with Crippen LogP contribution in [0.1, 0.15) is 64.5 Å². The molecule has 1 fully saturated rings. The van der Waals surface area contributed by atoms with Crippen molar-refractivity contribution in [3.05, 3.63) is 18.2 Å². The lowest BCUT2D eigenvalue weighted by atomic mass is 9.91. The molecular weight excluding hydrogens is 278 g/mol. The van der Waals surface area contributed by atoms with Crippen LogP contribution in [0.2, 0.25) is 0 Å². The molecule has 1 heterocycles. The Morgan fingerprint density at radius 1 is 1.50 bits per heavy atom. The highest BCUT2D eigenvalue weighted by Gasteiger charge is 2.30. The van der Waals surface area contributed by atoms with Gasteiger partial charge in [-0.25, -0.2) is 4.98 Å². The van der Waals surface area contributed by atoms with Gasteiger partial charge in [-0.05, 0) is 43.4 Å². The van der Waals surface area contributed by atoms with Crippen LogP contribution in [-0.2, 0) is 11.3 Å². The van der Waals surface area contributed by atoms with Gasteiger partial charge in [0.2, 0.25) is 0 Å². The van der Waals surface area contributed by atoms with E-state index in [4.69, 9.17) is 5.73 Å². The Labute approximate surface area is 132 Å². The number of carbonyl (C=O) groups is 1. The van der Waals surface area contributed by atoms with Crippen LogP contribution in [-0.4, -0.2) is 26.7 Å². The van der Waals surface area contributed by atoms with Gasteiger partial charge in [0.15, 0.2) is 0 Å². The van der Waals surface area contributed by atoms with Crippen molar-refractivity contribution in [1.82, 2.24) is 9.55 Å². The summed E-state index contributed by atoms with van der Waals surface area (Å²) in [5.74, 6) is -0.872. The number of aliphatic carboxylic acids is 1. The van der Waals surface area contributed by atoms with Crippen molar-refractivity contribution in [2.24, 2.45) is 17.1 Å². The number of rotatable bonds is 6. The van der Waals surface area contributed by atoms with Gasteiger partial charge in [0.25, 0.3) is 0 Å². The molecule has 5 nitrogen and oxygen atoms in total. The standard InChI is InChI=1S/C17H29N3O2/c1-17(2,3)6-7-20-10-15(19-11-20)14(16(21)22)9-12-4-5-13(18)8-12/h10-14H,4-9,18H2,1-3H3,(H,21,22)/t12-,13-,14?/m0/s1. The van der Waals surface area contributed by atoms with Crippen LogP contribution in [0.15, 0.2) is 12.5 Å². The molecule has 0 aliphatic heterocycles. The third-order valence-electron chi connectivity index (χ3n) is 4.58. The lowest BCUT2D eigenvalue weighted by molar-refractivity contribution is -0.139. The summed E-state index contributed by atoms with van der Waals surface area (Å²) in [6.45, 7) is 7.48. The van der Waals surface area contributed by atoms with Crippen molar-refractivity contribution in [2.75, 3.05) is 0 Å². The number of hydrogen-bond donors (Lipinski definition) is 2. The van der Waals surface area contributed by atoms with Gasteiger partial charge in [-0.2, -0.15) is 0 Å². The molecule has 1 aliphatic carbocycles. The molecule has 22 heavy (non-hydrogen) atoms. The largest absolute Gasteiger partial charge is 0.481 e. The average molecular weight is 307 g/mol. The fraction of sp³-hybridized carbons (Fsp3) is 0.765. The SMILES string of the molecule is CC(C)(C)CCn1cnc(C(C[C@H]2CC[C@H](N)C2)C(=O)O)c1. The van der Waals surface area contributed by atoms with E-state index in [0.29, 0.717) is 18.0 Å². The highest BCUT2D eigenvalue weighted by atomic mass is 16.4. The molecule has 1 saturated carbocycles. The fourth-order valence-electron chi connectivity index (χ4n) is 3.15. The maximum Gasteiger partial charge on any atom is 0.312 e. The molecule has 0 bridgehead atoms. The average Bonchev–Trinajstić information content (AvgIpc) is 3.01. The maximum atomic E-state index is 11.6. The van der Waals surface area contributed by atoms with Crippen molar-refractivity contribution in [3.63, 3.8) is 0 Å². The van der Waals surface area contributed by atoms with Gasteiger partial charge in [0, 0.05) is 18.8 Å². The van der Waals surface area contributed by atoms with Gasteiger partial charge in [0.05, 0.1) is 12.0 Å². The van der Waals surface area contributed by atoms with Crippen molar-refractivity contribution in [1.29, 1.82) is 0 Å². The zero-order chi connectivity index (χ0) is 16.3. The lowest BCUT2D eigenvalue weighted by Crippen LogP contribution is -2.18. The van der Waals surface area contributed by atoms with Crippen molar-refractivity contribution >= 4 is 5.97 Å². The van der Waals surface area contributed by atoms with Gasteiger partial charge < -0.3 is 15.4 Å². The first-order chi connectivity index (χ1) is 10.2. The second-order valence-corrected chi connectivity index (χ2v) is 7.91. The molecule has 1 unspecified atom stereocenters. The Kier molecular flexibility index (Phi) is 5.27. The van der Waals surface area contributed by atoms with Crippen LogP contribution in [0.25, 0.3) is 0 Å². The Morgan fingerprint density at radius 2 is 2.23 bits per heavy atom. The number of nitrogens with zero attached hydrogens (tertiary/aromatic N) is 2. The fourth-order valence-corrected chi connectivity index (χ4v) is 3.15. The molecule has 1 aromatic rings. The molecule has 1 aromatic heterocycles. The summed E-state index contributed by atoms with van der Waals surface area (Å²) in [7, 11) is 0. The van der Waals surface area contributed by atoms with E-state index in [1.165, 1.54) is 0 Å². The van der Waals surface area contributed by atoms with Gasteiger partial charge in [-0.3, -0.25) is 4.79 Å². The molecule has 5 heteroatoms. The van der Waals surface area contributed by atoms with E-state index >= 15 is 0 Å². The second-order valence-electron chi connectivity index (χ2n) is 7.91. The zero-order valence-corrected chi connectivity index (χ0v) is 14.0. The topological polar surface area (TPSA) is 81.1 Å². The van der Waals surface area contributed by atoms with E-state index in [9.17, 15) is 9.90 Å². The number of nitrogens with two attached hydrogens (primary N) is 1. The summed E-state index contributed by atoms with van der Waals surface area (Å²) in [6.07, 6.45) is 8.34. The van der Waals surface area contributed by atoms with Gasteiger partial charge in [-0.1, -0.05) is 20.8 Å². The smallest absolute Gasteiger partial charge is 0.312 e. The minimum atomic E-state index is -0.776. The third-order valence-corrected chi connectivity index (χ3v) is 4.58. The summed E-state index contributed by atoms with van der Waals surface area (Å²) >= 11 is 0. The van der Waals surface area contributed by atoms with Crippen LogP contribution in [0.3, 0.4) is 0 Å². The molecular formula is C17H29N3O2. The number of hydrogen-bond acceptors (Lipinski definition) is 3. The molecule has 3 N–H and O–H groups in total. The molecule has 0 aromatic carbocycles. The van der Waals surface area contributed by atoms with Crippen LogP contribution in [0, 0.1) is 11.3 Å². The van der Waals surface area contributed by atoms with Gasteiger partial charge in [0.1, 0.15) is 5.92 Å². The highest BCUT2D eigenvalue weighted by Crippen LogP contribution is 2.33. The molecule has 3 atom stereocenters. The van der Waals surface area contributed by atoms with Crippen molar-refractivity contribution in [2.45, 2.75) is 71.4 Å². The molecule has 0 amide bonds. The zero-order valence-electron chi connectivity index (χ0n) is 14.0. The number of aryl methyl sites for hydroxylation is 1. The number of aromatic nitrogens is 2. The van der Waals surface area contributed by atoms with Crippen LogP contribution >= 0.6 is 0 Å². The Bertz CT molecular complexity index is 504. The van der Waals surface area contributed by atoms with Crippen LogP contribution in [0.4, 0.5) is 0 Å². The first kappa shape index (κ1) is 17.0. The number of carboxylic acids is 1. The first-order valence-electron chi connectivity index (χ1n) is 8.24. The van der Waals surface area contributed by atoms with Gasteiger partial charge in [-0.15, -0.1) is 0 Å². The summed E-state index contributed by atoms with van der Waals surface area (Å²) in [6, 6.07) is 0.240. The Balaban J connectivity index is 2.00. The van der Waals surface area contributed by atoms with E-state index < -0.39 is 11.9 Å². The van der Waals surface area contributed by atoms with Gasteiger partial charge >= 0.3 is 5.97 Å². The first-order valence-corrected chi connectivity index (χ1v) is 8.24. The van der Waals surface area contributed by atoms with E-state index in [1.54, 1.807) is 6.33 Å². The molecule has 1 aliphatic rings. The van der Waals surface area contributed by atoms with E-state index in [-0.39, 0.29) is 11.5 Å². The summed E-state index contributed by atoms with van der Waals surface area (Å²) in [4.78, 5) is 16.0. The van der Waals surface area contributed by atoms with Crippen LogP contribution < -0.4 is 5.73 Å². The minimum absolute atomic E-state index is 0.240. The molecule has 0 spiro atoms. The predicted octanol–water partition coefficient (Wildman–Crippen LogP) is 3.01. The van der Waals surface area contributed by atoms with Crippen molar-refractivity contribution < 1.29 is 9.90 Å². The molecule has 2 rings (SSSR count). The number of carboxylic acid groups (broad SMARTS) is 1.